The van der Waals surface area contributed by atoms with Gasteiger partial charge in [-0.2, -0.15) is 13.2 Å². The Morgan fingerprint density at radius 1 is 1.33 bits per heavy atom. The maximum atomic E-state index is 12.1. The summed E-state index contributed by atoms with van der Waals surface area (Å²) in [7, 11) is 0. The molecule has 0 spiro atoms. The fourth-order valence-electron chi connectivity index (χ4n) is 1.23. The van der Waals surface area contributed by atoms with E-state index >= 15 is 0 Å². The normalized spacial score (nSPS) is 12.3. The number of rotatable bonds is 1. The Morgan fingerprint density at radius 2 is 2.07 bits per heavy atom. The first-order valence-corrected chi connectivity index (χ1v) is 4.39. The zero-order valence-electron chi connectivity index (χ0n) is 7.29. The Morgan fingerprint density at radius 3 is 2.73 bits per heavy atom. The Kier molecular flexibility index (Phi) is 2.30. The molecule has 0 aliphatic rings. The van der Waals surface area contributed by atoms with Crippen LogP contribution < -0.4 is 0 Å². The lowest BCUT2D eigenvalue weighted by atomic mass is 10.3. The monoisotopic (exact) mass is 235 g/mol. The number of halogens is 4. The van der Waals surface area contributed by atoms with Gasteiger partial charge in [0.05, 0.1) is 5.52 Å². The van der Waals surface area contributed by atoms with Crippen LogP contribution in [0, 0.1) is 0 Å². The molecule has 0 N–H and O–H groups in total. The highest BCUT2D eigenvalue weighted by atomic mass is 35.5. The van der Waals surface area contributed by atoms with Crippen molar-refractivity contribution in [3.05, 3.63) is 23.2 Å². The van der Waals surface area contributed by atoms with Crippen LogP contribution in [0.5, 0.6) is 0 Å². The molecule has 0 bridgehead atoms. The third-order valence-corrected chi connectivity index (χ3v) is 2.04. The predicted molar refractivity (Wildman–Crippen MR) is 48.6 cm³/mol. The molecule has 0 saturated heterocycles. The van der Waals surface area contributed by atoms with E-state index in [2.05, 4.69) is 10.3 Å². The first kappa shape index (κ1) is 10.2. The smallest absolute Gasteiger partial charge is 0.235 e. The van der Waals surface area contributed by atoms with Crippen LogP contribution in [0.25, 0.3) is 11.0 Å². The minimum absolute atomic E-state index is 0.316. The van der Waals surface area contributed by atoms with Crippen LogP contribution >= 0.6 is 11.6 Å². The van der Waals surface area contributed by atoms with Crippen molar-refractivity contribution < 1.29 is 13.2 Å². The number of aromatic nitrogens is 3. The van der Waals surface area contributed by atoms with Gasteiger partial charge in [0.25, 0.3) is 0 Å². The molecule has 1 heterocycles. The van der Waals surface area contributed by atoms with Gasteiger partial charge in [-0.3, -0.25) is 0 Å². The van der Waals surface area contributed by atoms with Crippen LogP contribution in [-0.2, 0) is 6.54 Å². The van der Waals surface area contributed by atoms with Gasteiger partial charge in [0, 0.05) is 5.02 Å². The number of alkyl halides is 3. The summed E-state index contributed by atoms with van der Waals surface area (Å²) in [5.74, 6) is 0. The molecule has 7 heteroatoms. The van der Waals surface area contributed by atoms with Crippen molar-refractivity contribution in [2.24, 2.45) is 0 Å². The zero-order valence-corrected chi connectivity index (χ0v) is 8.05. The van der Waals surface area contributed by atoms with E-state index < -0.39 is 12.7 Å². The summed E-state index contributed by atoms with van der Waals surface area (Å²) >= 11 is 5.66. The van der Waals surface area contributed by atoms with E-state index in [1.165, 1.54) is 18.2 Å². The largest absolute Gasteiger partial charge is 0.408 e. The minimum Gasteiger partial charge on any atom is -0.235 e. The molecule has 3 nitrogen and oxygen atoms in total. The maximum absolute atomic E-state index is 12.1. The van der Waals surface area contributed by atoms with Crippen LogP contribution in [0.2, 0.25) is 5.02 Å². The number of nitrogens with zero attached hydrogens (tertiary/aromatic N) is 3. The van der Waals surface area contributed by atoms with Gasteiger partial charge >= 0.3 is 6.18 Å². The molecule has 1 aromatic heterocycles. The number of hydrogen-bond donors (Lipinski definition) is 0. The van der Waals surface area contributed by atoms with Crippen LogP contribution in [0.3, 0.4) is 0 Å². The second-order valence-corrected chi connectivity index (χ2v) is 3.43. The number of fused-ring (bicyclic) bond motifs is 1. The van der Waals surface area contributed by atoms with Crippen molar-refractivity contribution in [1.29, 1.82) is 0 Å². The predicted octanol–water partition coefficient (Wildman–Crippen LogP) is 2.65. The quantitative estimate of drug-likeness (QED) is 0.761. The molecule has 0 fully saturated rings. The summed E-state index contributed by atoms with van der Waals surface area (Å²) in [5, 5.41) is 7.42. The van der Waals surface area contributed by atoms with Gasteiger partial charge in [-0.1, -0.05) is 16.8 Å². The fraction of sp³-hybridized carbons (Fsp3) is 0.250. The van der Waals surface area contributed by atoms with Crippen LogP contribution in [0.1, 0.15) is 0 Å². The van der Waals surface area contributed by atoms with Gasteiger partial charge in [0.1, 0.15) is 12.1 Å². The number of benzene rings is 1. The van der Waals surface area contributed by atoms with Crippen LogP contribution in [0.15, 0.2) is 18.2 Å². The minimum atomic E-state index is -4.31. The Bertz CT molecular complexity index is 491. The van der Waals surface area contributed by atoms with Gasteiger partial charge in [-0.15, -0.1) is 5.10 Å². The fourth-order valence-corrected chi connectivity index (χ4v) is 1.40. The molecule has 0 atom stereocenters. The first-order valence-electron chi connectivity index (χ1n) is 4.01. The van der Waals surface area contributed by atoms with Gasteiger partial charge in [0.15, 0.2) is 0 Å². The Labute approximate surface area is 87.4 Å². The highest BCUT2D eigenvalue weighted by Gasteiger charge is 2.29. The second-order valence-electron chi connectivity index (χ2n) is 3.00. The van der Waals surface area contributed by atoms with Gasteiger partial charge in [-0.05, 0) is 18.2 Å². The van der Waals surface area contributed by atoms with Crippen LogP contribution in [-0.4, -0.2) is 21.2 Å². The molecule has 0 unspecified atom stereocenters. The molecule has 2 aromatic rings. The molecule has 2 rings (SSSR count). The van der Waals surface area contributed by atoms with Gasteiger partial charge in [0.2, 0.25) is 0 Å². The topological polar surface area (TPSA) is 30.7 Å². The van der Waals surface area contributed by atoms with Crippen molar-refractivity contribution in [3.63, 3.8) is 0 Å². The van der Waals surface area contributed by atoms with Gasteiger partial charge < -0.3 is 0 Å². The average molecular weight is 236 g/mol. The molecule has 15 heavy (non-hydrogen) atoms. The molecule has 0 aliphatic carbocycles. The lowest BCUT2D eigenvalue weighted by Crippen LogP contribution is -2.18. The van der Waals surface area contributed by atoms with Gasteiger partial charge in [-0.25, -0.2) is 4.68 Å². The molecule has 0 saturated carbocycles. The number of hydrogen-bond acceptors (Lipinski definition) is 2. The molecular weight excluding hydrogens is 231 g/mol. The van der Waals surface area contributed by atoms with Crippen molar-refractivity contribution >= 4 is 22.6 Å². The summed E-state index contributed by atoms with van der Waals surface area (Å²) in [4.78, 5) is 0. The first-order chi connectivity index (χ1) is 6.96. The Balaban J connectivity index is 2.45. The summed E-state index contributed by atoms with van der Waals surface area (Å²) in [6.07, 6.45) is -4.31. The molecule has 0 aliphatic heterocycles. The lowest BCUT2D eigenvalue weighted by Gasteiger charge is -2.05. The summed E-state index contributed by atoms with van der Waals surface area (Å²) in [6.45, 7) is -1.15. The van der Waals surface area contributed by atoms with E-state index in [4.69, 9.17) is 11.6 Å². The summed E-state index contributed by atoms with van der Waals surface area (Å²) in [6, 6.07) is 4.43. The summed E-state index contributed by atoms with van der Waals surface area (Å²) in [5.41, 5.74) is 0.670. The van der Waals surface area contributed by atoms with E-state index in [1.54, 1.807) is 0 Å². The third kappa shape index (κ3) is 2.20. The van der Waals surface area contributed by atoms with E-state index in [0.717, 1.165) is 4.68 Å². The highest BCUT2D eigenvalue weighted by molar-refractivity contribution is 6.31. The maximum Gasteiger partial charge on any atom is 0.408 e. The van der Waals surface area contributed by atoms with E-state index in [9.17, 15) is 13.2 Å². The molecular formula is C8H5ClF3N3. The average Bonchev–Trinajstić information content (AvgIpc) is 2.45. The standard InChI is InChI=1S/C8H5ClF3N3/c9-5-1-2-7-6(3-5)13-14-15(7)4-8(10,11)12/h1-3H,4H2. The van der Waals surface area contributed by atoms with E-state index in [1.807, 2.05) is 0 Å². The van der Waals surface area contributed by atoms with Crippen LogP contribution in [0.4, 0.5) is 13.2 Å². The second kappa shape index (κ2) is 3.37. The van der Waals surface area contributed by atoms with Crippen molar-refractivity contribution in [2.45, 2.75) is 12.7 Å². The van der Waals surface area contributed by atoms with E-state index in [-0.39, 0.29) is 0 Å². The molecule has 80 valence electrons. The van der Waals surface area contributed by atoms with Crippen molar-refractivity contribution in [1.82, 2.24) is 15.0 Å². The summed E-state index contributed by atoms with van der Waals surface area (Å²) < 4.78 is 37.1. The molecule has 0 amide bonds. The highest BCUT2D eigenvalue weighted by Crippen LogP contribution is 2.21. The zero-order chi connectivity index (χ0) is 11.1. The Hall–Kier alpha value is -1.30. The van der Waals surface area contributed by atoms with E-state index in [0.29, 0.717) is 16.1 Å². The SMILES string of the molecule is FC(F)(F)Cn1nnc2cc(Cl)ccc21. The lowest BCUT2D eigenvalue weighted by molar-refractivity contribution is -0.142. The van der Waals surface area contributed by atoms with Crippen molar-refractivity contribution in [3.8, 4) is 0 Å². The third-order valence-electron chi connectivity index (χ3n) is 1.81. The molecule has 1 aromatic carbocycles. The van der Waals surface area contributed by atoms with Crippen molar-refractivity contribution in [2.75, 3.05) is 0 Å². The molecule has 0 radical (unpaired) electrons.